The van der Waals surface area contributed by atoms with Gasteiger partial charge < -0.3 is 0 Å². The molecule has 0 fully saturated rings. The number of rotatable bonds is 2. The Bertz CT molecular complexity index is 243. The van der Waals surface area contributed by atoms with Crippen LogP contribution in [0.4, 0.5) is 4.39 Å². The predicted octanol–water partition coefficient (Wildman–Crippen LogP) is 2.87. The van der Waals surface area contributed by atoms with Gasteiger partial charge in [-0.1, -0.05) is 12.1 Å². The minimum atomic E-state index is -0.196. The normalized spacial score (nSPS) is 9.64. The number of allylic oxidation sites excluding steroid dienone is 1. The second kappa shape index (κ2) is 3.33. The van der Waals surface area contributed by atoms with Crippen molar-refractivity contribution in [2.24, 2.45) is 0 Å². The molecule has 1 aromatic rings. The molecule has 0 bridgehead atoms. The van der Waals surface area contributed by atoms with Gasteiger partial charge in [-0.2, -0.15) is 0 Å². The van der Waals surface area contributed by atoms with E-state index in [1.54, 1.807) is 12.5 Å². The summed E-state index contributed by atoms with van der Waals surface area (Å²) in [6, 6.07) is 4.89. The van der Waals surface area contributed by atoms with E-state index < -0.39 is 0 Å². The molecular weight excluding hydrogens is 139 g/mol. The van der Waals surface area contributed by atoms with Crippen LogP contribution < -0.4 is 0 Å². The number of hydrogen-bond acceptors (Lipinski definition) is 0. The van der Waals surface area contributed by atoms with E-state index in [1.807, 2.05) is 13.0 Å². The summed E-state index contributed by atoms with van der Waals surface area (Å²) in [6.45, 7) is 5.40. The third-order valence-electron chi connectivity index (χ3n) is 1.37. The van der Waals surface area contributed by atoms with Crippen LogP contribution in [0.3, 0.4) is 0 Å². The molecule has 0 atom stereocenters. The van der Waals surface area contributed by atoms with Crippen molar-refractivity contribution in [1.29, 1.82) is 0 Å². The maximum atomic E-state index is 12.7. The Morgan fingerprint density at radius 1 is 1.36 bits per heavy atom. The molecule has 0 aliphatic heterocycles. The van der Waals surface area contributed by atoms with Crippen molar-refractivity contribution in [2.45, 2.75) is 6.92 Å². The second-order valence-electron chi connectivity index (χ2n) is 2.46. The molecule has 1 rings (SSSR count). The molecule has 0 aromatic heterocycles. The van der Waals surface area contributed by atoms with Crippen molar-refractivity contribution in [3.8, 4) is 0 Å². The lowest BCUT2D eigenvalue weighted by molar-refractivity contribution is 0.626. The monoisotopic (exact) mass is 149 g/mol. The highest BCUT2D eigenvalue weighted by atomic mass is 19.1. The van der Waals surface area contributed by atoms with E-state index in [2.05, 4.69) is 6.58 Å². The largest absolute Gasteiger partial charge is 0.207 e. The van der Waals surface area contributed by atoms with E-state index in [1.165, 1.54) is 12.1 Å². The Morgan fingerprint density at radius 3 is 2.64 bits per heavy atom. The summed E-state index contributed by atoms with van der Waals surface area (Å²) in [5.74, 6) is -0.196. The van der Waals surface area contributed by atoms with Gasteiger partial charge in [0.25, 0.3) is 0 Å². The smallest absolute Gasteiger partial charge is 0.123 e. The van der Waals surface area contributed by atoms with E-state index in [4.69, 9.17) is 0 Å². The molecule has 0 N–H and O–H groups in total. The summed E-state index contributed by atoms with van der Waals surface area (Å²) in [7, 11) is 0. The second-order valence-corrected chi connectivity index (χ2v) is 2.46. The van der Waals surface area contributed by atoms with Crippen molar-refractivity contribution < 1.29 is 4.39 Å². The van der Waals surface area contributed by atoms with E-state index in [-0.39, 0.29) is 5.82 Å². The predicted molar refractivity (Wildman–Crippen MR) is 44.7 cm³/mol. The van der Waals surface area contributed by atoms with Crippen LogP contribution in [0.15, 0.2) is 30.9 Å². The highest BCUT2D eigenvalue weighted by Crippen LogP contribution is 2.09. The van der Waals surface area contributed by atoms with E-state index >= 15 is 0 Å². The highest BCUT2D eigenvalue weighted by molar-refractivity contribution is 5.31. The van der Waals surface area contributed by atoms with Gasteiger partial charge in [0.05, 0.1) is 0 Å². The zero-order chi connectivity index (χ0) is 8.27. The van der Waals surface area contributed by atoms with Crippen molar-refractivity contribution in [2.75, 3.05) is 0 Å². The molecule has 0 unspecified atom stereocenters. The van der Waals surface area contributed by atoms with Crippen LogP contribution in [-0.2, 0) is 0 Å². The zero-order valence-electron chi connectivity index (χ0n) is 6.47. The Hall–Kier alpha value is -1.11. The van der Waals surface area contributed by atoms with Gasteiger partial charge in [0.15, 0.2) is 0 Å². The van der Waals surface area contributed by atoms with E-state index in [9.17, 15) is 4.39 Å². The van der Waals surface area contributed by atoms with E-state index in [0.717, 1.165) is 11.1 Å². The van der Waals surface area contributed by atoms with Gasteiger partial charge in [-0.3, -0.25) is 0 Å². The topological polar surface area (TPSA) is 0 Å². The molecule has 0 saturated heterocycles. The molecule has 1 aromatic carbocycles. The van der Waals surface area contributed by atoms with Gasteiger partial charge in [0.2, 0.25) is 0 Å². The van der Waals surface area contributed by atoms with E-state index in [0.29, 0.717) is 0 Å². The minimum Gasteiger partial charge on any atom is -0.207 e. The van der Waals surface area contributed by atoms with Crippen molar-refractivity contribution >= 4 is 0 Å². The molecule has 0 heterocycles. The maximum absolute atomic E-state index is 12.7. The Kier molecular flexibility index (Phi) is 2.42. The lowest BCUT2D eigenvalue weighted by Crippen LogP contribution is -1.83. The first-order chi connectivity index (χ1) is 5.22. The molecule has 1 radical (unpaired) electrons. The van der Waals surface area contributed by atoms with Crippen LogP contribution in [0.5, 0.6) is 0 Å². The Labute approximate surface area is 66.4 Å². The summed E-state index contributed by atoms with van der Waals surface area (Å²) >= 11 is 0. The molecule has 0 aliphatic carbocycles. The fraction of sp³-hybridized carbons (Fsp3) is 0.100. The van der Waals surface area contributed by atoms with Crippen LogP contribution in [0.2, 0.25) is 0 Å². The molecule has 57 valence electrons. The van der Waals surface area contributed by atoms with Crippen molar-refractivity contribution in [1.82, 2.24) is 0 Å². The summed E-state index contributed by atoms with van der Waals surface area (Å²) < 4.78 is 12.7. The zero-order valence-corrected chi connectivity index (χ0v) is 6.47. The molecule has 0 nitrogen and oxygen atoms in total. The van der Waals surface area contributed by atoms with Gasteiger partial charge in [-0.15, -0.1) is 6.58 Å². The van der Waals surface area contributed by atoms with Gasteiger partial charge in [-0.05, 0) is 30.2 Å². The summed E-state index contributed by atoms with van der Waals surface area (Å²) in [6.07, 6.45) is 3.42. The minimum absolute atomic E-state index is 0.196. The Balaban J connectivity index is 2.98. The highest BCUT2D eigenvalue weighted by Gasteiger charge is 1.95. The van der Waals surface area contributed by atoms with Crippen LogP contribution >= 0.6 is 0 Å². The average Bonchev–Trinajstić information content (AvgIpc) is 1.85. The SMILES string of the molecule is C=C[CH]c1cc(C)cc(F)c1. The van der Waals surface area contributed by atoms with Crippen molar-refractivity contribution in [3.05, 3.63) is 54.2 Å². The molecule has 11 heavy (non-hydrogen) atoms. The molecule has 0 spiro atoms. The Morgan fingerprint density at radius 2 is 2.09 bits per heavy atom. The molecule has 1 heteroatoms. The first-order valence-electron chi connectivity index (χ1n) is 3.45. The fourth-order valence-corrected chi connectivity index (χ4v) is 0.997. The standard InChI is InChI=1S/C10H10F/c1-3-4-9-5-8(2)6-10(11)7-9/h3-7H,1H2,2H3. The molecule has 0 amide bonds. The summed E-state index contributed by atoms with van der Waals surface area (Å²) in [4.78, 5) is 0. The third-order valence-corrected chi connectivity index (χ3v) is 1.37. The summed E-state index contributed by atoms with van der Waals surface area (Å²) in [5, 5.41) is 0. The number of hydrogen-bond donors (Lipinski definition) is 0. The first-order valence-corrected chi connectivity index (χ1v) is 3.45. The fourth-order valence-electron chi connectivity index (χ4n) is 0.997. The molecule has 0 saturated carbocycles. The summed E-state index contributed by atoms with van der Waals surface area (Å²) in [5.41, 5.74) is 1.79. The maximum Gasteiger partial charge on any atom is 0.123 e. The van der Waals surface area contributed by atoms with Gasteiger partial charge >= 0.3 is 0 Å². The van der Waals surface area contributed by atoms with Crippen molar-refractivity contribution in [3.63, 3.8) is 0 Å². The van der Waals surface area contributed by atoms with Crippen LogP contribution in [0, 0.1) is 19.2 Å². The third kappa shape index (κ3) is 2.19. The van der Waals surface area contributed by atoms with Gasteiger partial charge in [0.1, 0.15) is 5.82 Å². The van der Waals surface area contributed by atoms with Gasteiger partial charge in [-0.25, -0.2) is 4.39 Å². The van der Waals surface area contributed by atoms with Crippen LogP contribution in [0.1, 0.15) is 11.1 Å². The van der Waals surface area contributed by atoms with Crippen LogP contribution in [-0.4, -0.2) is 0 Å². The first kappa shape index (κ1) is 7.99. The lowest BCUT2D eigenvalue weighted by Gasteiger charge is -1.98. The van der Waals surface area contributed by atoms with Gasteiger partial charge in [0, 0.05) is 6.42 Å². The number of aryl methyl sites for hydroxylation is 1. The van der Waals surface area contributed by atoms with Crippen LogP contribution in [0.25, 0.3) is 0 Å². The quantitative estimate of drug-likeness (QED) is 0.606. The molecular formula is C10H10F. The molecule has 0 aliphatic rings. The number of halogens is 1. The lowest BCUT2D eigenvalue weighted by atomic mass is 10.1. The average molecular weight is 149 g/mol. The number of benzene rings is 1.